The van der Waals surface area contributed by atoms with E-state index in [-0.39, 0.29) is 6.04 Å². The molecule has 4 aromatic rings. The molecular weight excluding hydrogens is 449 g/mol. The molecule has 0 radical (unpaired) electrons. The molecule has 2 saturated heterocycles. The number of halogens is 3. The van der Waals surface area contributed by atoms with Crippen molar-refractivity contribution in [3.63, 3.8) is 0 Å². The molecule has 1 N–H and O–H groups in total. The first-order valence-corrected chi connectivity index (χ1v) is 11.2. The summed E-state index contributed by atoms with van der Waals surface area (Å²) < 4.78 is 48.9. The lowest BCUT2D eigenvalue weighted by Gasteiger charge is -2.34. The minimum atomic E-state index is -2.51. The van der Waals surface area contributed by atoms with Gasteiger partial charge < -0.3 is 14.6 Å². The molecule has 0 amide bonds. The van der Waals surface area contributed by atoms with E-state index in [1.165, 1.54) is 4.57 Å². The molecule has 0 unspecified atom stereocenters. The maximum atomic E-state index is 14.6. The number of aryl methyl sites for hydroxylation is 1. The summed E-state index contributed by atoms with van der Waals surface area (Å²) in [6.07, 6.45) is -0.102. The van der Waals surface area contributed by atoms with Crippen LogP contribution in [0.1, 0.15) is 5.82 Å². The zero-order valence-electron chi connectivity index (χ0n) is 18.4. The van der Waals surface area contributed by atoms with E-state index in [1.54, 1.807) is 36.0 Å². The molecule has 4 aromatic heterocycles. The maximum Gasteiger partial charge on any atom is 0.256 e. The van der Waals surface area contributed by atoms with Crippen LogP contribution in [0, 0.1) is 6.92 Å². The molecule has 2 aliphatic heterocycles. The predicted octanol–water partition coefficient (Wildman–Crippen LogP) is 2.55. The normalized spacial score (nSPS) is 21.7. The molecular formula is C22H23F3N8O. The van der Waals surface area contributed by atoms with Crippen LogP contribution in [0.15, 0.2) is 30.6 Å². The third kappa shape index (κ3) is 3.66. The zero-order valence-corrected chi connectivity index (χ0v) is 18.4. The molecule has 2 atom stereocenters. The van der Waals surface area contributed by atoms with Gasteiger partial charge in [0.2, 0.25) is 5.95 Å². The van der Waals surface area contributed by atoms with E-state index in [0.717, 1.165) is 5.56 Å². The zero-order chi connectivity index (χ0) is 23.4. The van der Waals surface area contributed by atoms with Crippen LogP contribution in [0.2, 0.25) is 0 Å². The van der Waals surface area contributed by atoms with Gasteiger partial charge in [0.05, 0.1) is 49.2 Å². The number of nitrogens with one attached hydrogen (secondary N) is 1. The summed E-state index contributed by atoms with van der Waals surface area (Å²) in [7, 11) is 0. The Morgan fingerprint density at radius 3 is 2.79 bits per heavy atom. The van der Waals surface area contributed by atoms with Gasteiger partial charge >= 0.3 is 0 Å². The van der Waals surface area contributed by atoms with Crippen molar-refractivity contribution in [3.05, 3.63) is 36.4 Å². The van der Waals surface area contributed by atoms with E-state index in [2.05, 4.69) is 30.3 Å². The van der Waals surface area contributed by atoms with Gasteiger partial charge in [0, 0.05) is 24.8 Å². The molecule has 6 heterocycles. The van der Waals surface area contributed by atoms with Crippen LogP contribution in [0.25, 0.3) is 27.9 Å². The van der Waals surface area contributed by atoms with Crippen molar-refractivity contribution in [2.75, 3.05) is 31.6 Å². The van der Waals surface area contributed by atoms with E-state index < -0.39 is 25.2 Å². The van der Waals surface area contributed by atoms with Gasteiger partial charge in [-0.15, -0.1) is 5.10 Å². The first kappa shape index (κ1) is 21.3. The van der Waals surface area contributed by atoms with Crippen LogP contribution in [-0.4, -0.2) is 85.0 Å². The second-order valence-corrected chi connectivity index (χ2v) is 8.75. The van der Waals surface area contributed by atoms with E-state index in [1.807, 2.05) is 6.07 Å². The number of hydrogen-bond acceptors (Lipinski definition) is 7. The van der Waals surface area contributed by atoms with Gasteiger partial charge in [-0.1, -0.05) is 0 Å². The number of anilines is 1. The minimum absolute atomic E-state index is 0.283. The molecule has 0 aliphatic carbocycles. The monoisotopic (exact) mass is 472 g/mol. The number of nitrogens with zero attached hydrogens (tertiary/aromatic N) is 7. The lowest BCUT2D eigenvalue weighted by atomic mass is 10.2. The van der Waals surface area contributed by atoms with Crippen LogP contribution < -0.4 is 5.32 Å². The highest BCUT2D eigenvalue weighted by Crippen LogP contribution is 2.27. The number of imidazole rings is 1. The van der Waals surface area contributed by atoms with Crippen LogP contribution in [0.4, 0.5) is 19.1 Å². The average molecular weight is 472 g/mol. The fraction of sp³-hybridized carbons (Fsp3) is 0.455. The largest absolute Gasteiger partial charge is 0.378 e. The topological polar surface area (TPSA) is 85.4 Å². The van der Waals surface area contributed by atoms with Crippen molar-refractivity contribution < 1.29 is 17.9 Å². The SMILES string of the molecule is Cc1nc2ccc(-c3ccn4nc(N[C@H]5CN(C6COC6)C[C@H]5F)ncc34)nc2n1CC(F)F. The number of likely N-dealkylation sites (tertiary alicyclic amines) is 1. The molecule has 2 aliphatic rings. The lowest BCUT2D eigenvalue weighted by Crippen LogP contribution is -2.48. The number of pyridine rings is 1. The molecule has 34 heavy (non-hydrogen) atoms. The molecule has 2 fully saturated rings. The molecule has 0 saturated carbocycles. The summed E-state index contributed by atoms with van der Waals surface area (Å²) in [6.45, 7) is 3.47. The number of rotatable bonds is 6. The Morgan fingerprint density at radius 2 is 2.03 bits per heavy atom. The Bertz CT molecular complexity index is 1350. The van der Waals surface area contributed by atoms with E-state index in [0.29, 0.717) is 60.5 Å². The summed E-state index contributed by atoms with van der Waals surface area (Å²) in [4.78, 5) is 15.4. The summed E-state index contributed by atoms with van der Waals surface area (Å²) in [5.41, 5.74) is 3.04. The van der Waals surface area contributed by atoms with Crippen LogP contribution >= 0.6 is 0 Å². The van der Waals surface area contributed by atoms with Crippen molar-refractivity contribution >= 4 is 22.6 Å². The third-order valence-electron chi connectivity index (χ3n) is 6.52. The first-order valence-electron chi connectivity index (χ1n) is 11.2. The quantitative estimate of drug-likeness (QED) is 0.462. The highest BCUT2D eigenvalue weighted by molar-refractivity contribution is 5.82. The van der Waals surface area contributed by atoms with Crippen molar-refractivity contribution in [2.45, 2.75) is 38.1 Å². The fourth-order valence-electron chi connectivity index (χ4n) is 4.63. The van der Waals surface area contributed by atoms with E-state index >= 15 is 0 Å². The highest BCUT2D eigenvalue weighted by atomic mass is 19.3. The highest BCUT2D eigenvalue weighted by Gasteiger charge is 2.39. The van der Waals surface area contributed by atoms with E-state index in [9.17, 15) is 13.2 Å². The minimum Gasteiger partial charge on any atom is -0.378 e. The number of hydrogen-bond donors (Lipinski definition) is 1. The van der Waals surface area contributed by atoms with Crippen LogP contribution in [0.3, 0.4) is 0 Å². The molecule has 178 valence electrons. The van der Waals surface area contributed by atoms with Crippen molar-refractivity contribution in [1.82, 2.24) is 34.0 Å². The molecule has 0 spiro atoms. The second-order valence-electron chi connectivity index (χ2n) is 8.75. The van der Waals surface area contributed by atoms with Crippen LogP contribution in [0.5, 0.6) is 0 Å². The molecule has 0 bridgehead atoms. The Labute approximate surface area is 192 Å². The summed E-state index contributed by atoms with van der Waals surface area (Å²) >= 11 is 0. The third-order valence-corrected chi connectivity index (χ3v) is 6.52. The molecule has 12 heteroatoms. The number of alkyl halides is 3. The number of fused-ring (bicyclic) bond motifs is 2. The standard InChI is InChI=1S/C22H23F3N8O/c1-12-27-17-3-2-16(28-21(17)32(12)9-20(24)25)14-4-5-33-19(14)6-26-22(30-33)29-18-8-31(7-15(18)23)13-10-34-11-13/h2-6,13,15,18,20H,7-11H2,1H3,(H,29,30)/t15-,18+/m1/s1. The van der Waals surface area contributed by atoms with Gasteiger partial charge in [0.1, 0.15) is 17.5 Å². The molecule has 9 nitrogen and oxygen atoms in total. The smallest absolute Gasteiger partial charge is 0.256 e. The Kier molecular flexibility index (Phi) is 5.14. The van der Waals surface area contributed by atoms with Gasteiger partial charge in [-0.3, -0.25) is 4.90 Å². The van der Waals surface area contributed by atoms with Crippen molar-refractivity contribution in [1.29, 1.82) is 0 Å². The van der Waals surface area contributed by atoms with Crippen molar-refractivity contribution in [2.24, 2.45) is 0 Å². The first-order chi connectivity index (χ1) is 16.5. The van der Waals surface area contributed by atoms with Gasteiger partial charge in [0.15, 0.2) is 5.65 Å². The number of aromatic nitrogens is 6. The fourth-order valence-corrected chi connectivity index (χ4v) is 4.63. The molecule has 0 aromatic carbocycles. The van der Waals surface area contributed by atoms with Crippen LogP contribution in [-0.2, 0) is 11.3 Å². The van der Waals surface area contributed by atoms with Crippen molar-refractivity contribution in [3.8, 4) is 11.3 Å². The lowest BCUT2D eigenvalue weighted by molar-refractivity contribution is -0.0585. The maximum absolute atomic E-state index is 14.6. The average Bonchev–Trinajstić information content (AvgIpc) is 3.42. The molecule has 6 rings (SSSR count). The summed E-state index contributed by atoms with van der Waals surface area (Å²) in [5.74, 6) is 0.824. The summed E-state index contributed by atoms with van der Waals surface area (Å²) in [5, 5.41) is 7.61. The van der Waals surface area contributed by atoms with Gasteiger partial charge in [-0.25, -0.2) is 32.6 Å². The van der Waals surface area contributed by atoms with E-state index in [4.69, 9.17) is 4.74 Å². The van der Waals surface area contributed by atoms with Gasteiger partial charge in [0.25, 0.3) is 6.43 Å². The Hall–Kier alpha value is -3.25. The number of ether oxygens (including phenoxy) is 1. The van der Waals surface area contributed by atoms with Gasteiger partial charge in [-0.05, 0) is 25.1 Å². The van der Waals surface area contributed by atoms with Gasteiger partial charge in [-0.2, -0.15) is 0 Å². The Morgan fingerprint density at radius 1 is 1.18 bits per heavy atom. The second kappa shape index (κ2) is 8.20. The Balaban J connectivity index is 1.26. The predicted molar refractivity (Wildman–Crippen MR) is 119 cm³/mol. The summed E-state index contributed by atoms with van der Waals surface area (Å²) in [6, 6.07) is 5.30.